The van der Waals surface area contributed by atoms with E-state index in [1.165, 1.54) is 44.9 Å². The van der Waals surface area contributed by atoms with Crippen LogP contribution in [0.1, 0.15) is 115 Å². The molecule has 0 bridgehead atoms. The summed E-state index contributed by atoms with van der Waals surface area (Å²) in [5.41, 5.74) is 0. The molecule has 19 heteroatoms. The molecule has 0 heterocycles. The van der Waals surface area contributed by atoms with Crippen molar-refractivity contribution >= 4 is 27.6 Å². The number of esters is 2. The Balaban J connectivity index is -0.000000200. The third-order valence-electron chi connectivity index (χ3n) is 8.03. The van der Waals surface area contributed by atoms with Crippen molar-refractivity contribution < 1.29 is 95.4 Å². The van der Waals surface area contributed by atoms with Gasteiger partial charge in [0.05, 0.1) is 6.61 Å². The molecule has 1 aliphatic rings. The monoisotopic (exact) mass is 891 g/mol. The number of aliphatic hydroxyl groups is 4. The van der Waals surface area contributed by atoms with Crippen molar-refractivity contribution in [1.29, 1.82) is 0 Å². The summed E-state index contributed by atoms with van der Waals surface area (Å²) < 4.78 is 48.4. The minimum atomic E-state index is -5.39. The topological polar surface area (TPSA) is 291 Å². The molecule has 350 valence electrons. The number of unbranched alkanes of at least 4 members (excludes halogenated alkanes) is 12. The fourth-order valence-electron chi connectivity index (χ4n) is 5.20. The maximum absolute atomic E-state index is 12.9. The van der Waals surface area contributed by atoms with Gasteiger partial charge in [-0.1, -0.05) is 84.0 Å². The largest absolute Gasteiger partial charge is 0.472 e. The van der Waals surface area contributed by atoms with Crippen LogP contribution in [0.15, 0.2) is 0 Å². The van der Waals surface area contributed by atoms with Gasteiger partial charge in [0, 0.05) is 30.9 Å². The first-order valence-corrected chi connectivity index (χ1v) is 21.6. The molecular formula is C40H79NO16P2. The normalized spacial score (nSPS) is 20.5. The summed E-state index contributed by atoms with van der Waals surface area (Å²) in [7, 11) is -10.8. The molecule has 0 aromatic heterocycles. The molecule has 1 rings (SSSR count). The maximum Gasteiger partial charge on any atom is 0.472 e. The second kappa shape index (κ2) is 31.8. The number of aliphatic hydroxyl groups excluding tert-OH is 4. The Hall–Kier alpha value is -4.12. The van der Waals surface area contributed by atoms with Crippen molar-refractivity contribution in [3.63, 3.8) is 0 Å². The Morgan fingerprint density at radius 1 is 0.627 bits per heavy atom. The molecule has 0 saturated heterocycles. The molecule has 1 aliphatic carbocycles. The van der Waals surface area contributed by atoms with Crippen LogP contribution in [0, 0.1) is 83.4 Å². The summed E-state index contributed by atoms with van der Waals surface area (Å²) in [6.45, 7) is 0.506. The fourth-order valence-corrected chi connectivity index (χ4v) is 6.74. The third kappa shape index (κ3) is 26.6. The summed E-state index contributed by atoms with van der Waals surface area (Å²) in [4.78, 5) is 53.5. The van der Waals surface area contributed by atoms with Crippen molar-refractivity contribution in [1.82, 2.24) is 6.15 Å². The standard InChI is InChI=1S/C40H50O16P2.H3N.13H2/c1-3-5-7-9-11-13-15-17-19-21-23-25-27-29-34(42)54-32(30-52-33(41)28-26-24-22-20-18-16-14-12-10-8-6-4-2)31-53-58(50,51)56-40-37(45)35(43)36(44)39(38(40)46)55-57(47,48)49;;;;;;;;;;;;;;/h2,32,35-40,43-46H,3,5,7,9,11,13,15,17,19,21,23,25,27,29-31H2,1H3,(H,50,51)(H2,47,48,49);1H3;13*1H/t32-,35-,36+,37?,38+,39?,40?;;;;;;;;;;;;;;/m1............../s1. The highest BCUT2D eigenvalue weighted by atomic mass is 31.2. The van der Waals surface area contributed by atoms with Crippen LogP contribution in [0.25, 0.3) is 0 Å². The summed E-state index contributed by atoms with van der Waals surface area (Å²) in [5.74, 6) is 27.9. The Bertz CT molecular complexity index is 1890. The first-order chi connectivity index (χ1) is 27.6. The van der Waals surface area contributed by atoms with E-state index in [2.05, 4.69) is 82.5 Å². The lowest BCUT2D eigenvalue weighted by molar-refractivity contribution is -0.216. The average Bonchev–Trinajstić information content (AvgIpc) is 3.17. The molecule has 8 atom stereocenters. The molecule has 0 spiro atoms. The van der Waals surface area contributed by atoms with Gasteiger partial charge in [-0.25, -0.2) is 13.9 Å². The smallest absolute Gasteiger partial charge is 0.456 e. The lowest BCUT2D eigenvalue weighted by Crippen LogP contribution is -2.64. The van der Waals surface area contributed by atoms with Crippen LogP contribution < -0.4 is 6.15 Å². The number of hydrogen-bond donors (Lipinski definition) is 8. The summed E-state index contributed by atoms with van der Waals surface area (Å²) in [6.07, 6.45) is 3.80. The Morgan fingerprint density at radius 3 is 1.54 bits per heavy atom. The fraction of sp³-hybridized carbons (Fsp3) is 0.600. The van der Waals surface area contributed by atoms with Gasteiger partial charge in [-0.2, -0.15) is 0 Å². The zero-order valence-electron chi connectivity index (χ0n) is 32.8. The highest BCUT2D eigenvalue weighted by Crippen LogP contribution is 2.49. The highest BCUT2D eigenvalue weighted by Gasteiger charge is 2.54. The van der Waals surface area contributed by atoms with Gasteiger partial charge in [-0.05, 0) is 77.5 Å². The predicted molar refractivity (Wildman–Crippen MR) is 241 cm³/mol. The lowest BCUT2D eigenvalue weighted by Gasteiger charge is -2.43. The van der Waals surface area contributed by atoms with Gasteiger partial charge in [0.1, 0.15) is 43.2 Å². The van der Waals surface area contributed by atoms with Crippen LogP contribution in [-0.4, -0.2) is 103 Å². The van der Waals surface area contributed by atoms with Gasteiger partial charge in [-0.3, -0.25) is 18.4 Å². The molecule has 10 N–H and O–H groups in total. The van der Waals surface area contributed by atoms with E-state index in [9.17, 15) is 44.0 Å². The first kappa shape index (κ1) is 54.9. The van der Waals surface area contributed by atoms with Crippen molar-refractivity contribution in [3.05, 3.63) is 0 Å². The zero-order chi connectivity index (χ0) is 43.2. The lowest BCUT2D eigenvalue weighted by atomic mass is 9.85. The van der Waals surface area contributed by atoms with E-state index in [4.69, 9.17) is 34.7 Å². The number of phosphoric acid groups is 2. The number of hydrogen-bond acceptors (Lipinski definition) is 14. The van der Waals surface area contributed by atoms with Gasteiger partial charge in [0.15, 0.2) is 6.10 Å². The first-order valence-electron chi connectivity index (χ1n) is 18.6. The van der Waals surface area contributed by atoms with Crippen LogP contribution in [0.2, 0.25) is 0 Å². The average molecular weight is 892 g/mol. The Kier molecular flexibility index (Phi) is 29.5. The van der Waals surface area contributed by atoms with Gasteiger partial charge < -0.3 is 50.7 Å². The zero-order valence-corrected chi connectivity index (χ0v) is 34.6. The molecule has 0 aromatic rings. The number of terminal acetylenes is 1. The van der Waals surface area contributed by atoms with E-state index >= 15 is 0 Å². The third-order valence-corrected chi connectivity index (χ3v) is 9.53. The van der Waals surface area contributed by atoms with Crippen molar-refractivity contribution in [3.8, 4) is 83.4 Å². The summed E-state index contributed by atoms with van der Waals surface area (Å²) in [6, 6.07) is 0. The second-order valence-electron chi connectivity index (χ2n) is 12.7. The van der Waals surface area contributed by atoms with Crippen LogP contribution in [0.5, 0.6) is 0 Å². The van der Waals surface area contributed by atoms with Crippen molar-refractivity contribution in [2.24, 2.45) is 0 Å². The molecule has 0 aliphatic heterocycles. The van der Waals surface area contributed by atoms with E-state index in [-0.39, 0.29) is 31.1 Å². The molecule has 1 saturated carbocycles. The van der Waals surface area contributed by atoms with E-state index in [0.717, 1.165) is 32.1 Å². The predicted octanol–water partition coefficient (Wildman–Crippen LogP) is 5.37. The number of carbonyl (C=O) groups is 2. The summed E-state index contributed by atoms with van der Waals surface area (Å²) in [5, 5.41) is 40.9. The van der Waals surface area contributed by atoms with Gasteiger partial charge in [0.2, 0.25) is 0 Å². The molecule has 59 heavy (non-hydrogen) atoms. The number of rotatable bonds is 24. The van der Waals surface area contributed by atoms with E-state index < -0.39 is 83.5 Å². The molecule has 0 amide bonds. The minimum Gasteiger partial charge on any atom is -0.456 e. The van der Waals surface area contributed by atoms with E-state index in [1.807, 2.05) is 5.92 Å². The Morgan fingerprint density at radius 2 is 1.07 bits per heavy atom. The van der Waals surface area contributed by atoms with Crippen molar-refractivity contribution in [2.45, 2.75) is 140 Å². The van der Waals surface area contributed by atoms with E-state index in [1.54, 1.807) is 0 Å². The minimum absolute atomic E-state index is 0. The summed E-state index contributed by atoms with van der Waals surface area (Å²) >= 11 is 0. The SMILES string of the molecule is C#CC#CC#CC#CC#CC#CC#CC(=O)OC[C@H](COP(=O)(O)OC1C(O)[C@H](O)[C@H](O)C(OP(=O)(O)O)[C@@H]1O)OC(=O)CCCCCCCCCCCCCCC.N.[HH].[HH].[HH].[HH].[HH].[HH].[HH].[HH].[HH].[HH].[HH].[HH].[HH]. The maximum atomic E-state index is 12.9. The molecule has 4 unspecified atom stereocenters. The second-order valence-corrected chi connectivity index (χ2v) is 15.3. The quantitative estimate of drug-likeness (QED) is 0.0199. The Labute approximate surface area is 365 Å². The van der Waals surface area contributed by atoms with Crippen LogP contribution in [-0.2, 0) is 41.8 Å². The molecular weight excluding hydrogens is 812 g/mol. The number of carbonyl (C=O) groups excluding carboxylic acids is 2. The van der Waals surface area contributed by atoms with E-state index in [0.29, 0.717) is 6.42 Å². The number of ether oxygens (including phenoxy) is 2. The molecule has 0 aromatic carbocycles. The van der Waals surface area contributed by atoms with Crippen molar-refractivity contribution in [2.75, 3.05) is 13.2 Å². The number of phosphoric ester groups is 2. The van der Waals surface area contributed by atoms with Crippen LogP contribution >= 0.6 is 15.6 Å². The highest BCUT2D eigenvalue weighted by molar-refractivity contribution is 7.47. The van der Waals surface area contributed by atoms with Gasteiger partial charge in [-0.15, -0.1) is 6.42 Å². The molecule has 17 nitrogen and oxygen atoms in total. The van der Waals surface area contributed by atoms with Gasteiger partial charge in [0.25, 0.3) is 0 Å². The molecule has 1 fully saturated rings. The van der Waals surface area contributed by atoms with Crippen LogP contribution in [0.3, 0.4) is 0 Å². The molecule has 0 radical (unpaired) electrons. The van der Waals surface area contributed by atoms with Gasteiger partial charge >= 0.3 is 27.6 Å². The van der Waals surface area contributed by atoms with Crippen LogP contribution in [0.4, 0.5) is 0 Å².